The third-order valence-electron chi connectivity index (χ3n) is 2.55. The van der Waals surface area contributed by atoms with Gasteiger partial charge in [0.05, 0.1) is 25.9 Å². The van der Waals surface area contributed by atoms with Gasteiger partial charge >= 0.3 is 0 Å². The predicted octanol–water partition coefficient (Wildman–Crippen LogP) is 2.93. The third-order valence-corrected chi connectivity index (χ3v) is 3.04. The molecule has 0 fully saturated rings. The van der Waals surface area contributed by atoms with Gasteiger partial charge in [-0.2, -0.15) is 0 Å². The first-order valence-electron chi connectivity index (χ1n) is 6.32. The van der Waals surface area contributed by atoms with Crippen LogP contribution in [-0.4, -0.2) is 38.6 Å². The standard InChI is InChI=1S/C14H21BrO4/c1-11(16)13-5-4-12(15)10-14(13)19-7-3-6-18-9-8-17-2/h4-5,10-11,16H,3,6-9H2,1-2H3/t11-/m0/s1. The molecule has 5 heteroatoms. The van der Waals surface area contributed by atoms with Crippen molar-refractivity contribution in [3.05, 3.63) is 28.2 Å². The zero-order valence-corrected chi connectivity index (χ0v) is 13.0. The fourth-order valence-corrected chi connectivity index (χ4v) is 1.91. The molecule has 0 saturated carbocycles. The van der Waals surface area contributed by atoms with Crippen molar-refractivity contribution in [1.29, 1.82) is 0 Å². The molecule has 1 rings (SSSR count). The molecule has 1 N–H and O–H groups in total. The summed E-state index contributed by atoms with van der Waals surface area (Å²) in [4.78, 5) is 0. The maximum Gasteiger partial charge on any atom is 0.126 e. The Morgan fingerprint density at radius 2 is 2.00 bits per heavy atom. The lowest BCUT2D eigenvalue weighted by Crippen LogP contribution is -2.08. The van der Waals surface area contributed by atoms with Crippen molar-refractivity contribution >= 4 is 15.9 Å². The zero-order valence-electron chi connectivity index (χ0n) is 11.4. The maximum absolute atomic E-state index is 9.66. The highest BCUT2D eigenvalue weighted by Crippen LogP contribution is 2.28. The lowest BCUT2D eigenvalue weighted by atomic mass is 10.1. The van der Waals surface area contributed by atoms with Crippen molar-refractivity contribution in [3.63, 3.8) is 0 Å². The number of hydrogen-bond donors (Lipinski definition) is 1. The SMILES string of the molecule is COCCOCCCOc1cc(Br)ccc1[C@H](C)O. The van der Waals surface area contributed by atoms with Gasteiger partial charge in [-0.25, -0.2) is 0 Å². The quantitative estimate of drug-likeness (QED) is 0.706. The van der Waals surface area contributed by atoms with Crippen LogP contribution in [0.15, 0.2) is 22.7 Å². The average Bonchev–Trinajstić information content (AvgIpc) is 2.37. The van der Waals surface area contributed by atoms with Crippen molar-refractivity contribution < 1.29 is 19.3 Å². The van der Waals surface area contributed by atoms with Crippen molar-refractivity contribution in [1.82, 2.24) is 0 Å². The molecule has 1 aromatic carbocycles. The molecule has 0 aliphatic carbocycles. The summed E-state index contributed by atoms with van der Waals surface area (Å²) in [5.41, 5.74) is 0.795. The number of aliphatic hydroxyl groups excluding tert-OH is 1. The second-order valence-electron chi connectivity index (χ2n) is 4.17. The molecule has 0 spiro atoms. The van der Waals surface area contributed by atoms with Crippen LogP contribution in [0.1, 0.15) is 25.0 Å². The summed E-state index contributed by atoms with van der Waals surface area (Å²) < 4.78 is 16.9. The van der Waals surface area contributed by atoms with E-state index in [9.17, 15) is 5.11 Å². The molecule has 19 heavy (non-hydrogen) atoms. The van der Waals surface area contributed by atoms with Crippen molar-refractivity contribution in [2.45, 2.75) is 19.4 Å². The molecule has 108 valence electrons. The van der Waals surface area contributed by atoms with Gasteiger partial charge in [-0.1, -0.05) is 22.0 Å². The number of ether oxygens (including phenoxy) is 3. The summed E-state index contributed by atoms with van der Waals surface area (Å²) in [5, 5.41) is 9.66. The van der Waals surface area contributed by atoms with Crippen LogP contribution in [0, 0.1) is 0 Å². The van der Waals surface area contributed by atoms with Gasteiger partial charge in [0, 0.05) is 30.2 Å². The number of aliphatic hydroxyl groups is 1. The van der Waals surface area contributed by atoms with Crippen molar-refractivity contribution in [2.75, 3.05) is 33.5 Å². The Kier molecular flexibility index (Phi) is 8.05. The van der Waals surface area contributed by atoms with Crippen LogP contribution in [0.4, 0.5) is 0 Å². The molecule has 0 aliphatic rings. The number of methoxy groups -OCH3 is 1. The Bertz CT molecular complexity index is 368. The Morgan fingerprint density at radius 1 is 1.21 bits per heavy atom. The second kappa shape index (κ2) is 9.31. The summed E-state index contributed by atoms with van der Waals surface area (Å²) in [6, 6.07) is 5.62. The van der Waals surface area contributed by atoms with Crippen LogP contribution in [-0.2, 0) is 9.47 Å². The molecule has 0 unspecified atom stereocenters. The minimum absolute atomic E-state index is 0.541. The molecule has 0 bridgehead atoms. The first-order chi connectivity index (χ1) is 9.15. The molecule has 0 aromatic heterocycles. The smallest absolute Gasteiger partial charge is 0.126 e. The van der Waals surface area contributed by atoms with Gasteiger partial charge in [0.15, 0.2) is 0 Å². The van der Waals surface area contributed by atoms with E-state index in [2.05, 4.69) is 15.9 Å². The van der Waals surface area contributed by atoms with Crippen LogP contribution in [0.2, 0.25) is 0 Å². The van der Waals surface area contributed by atoms with E-state index in [-0.39, 0.29) is 0 Å². The number of hydrogen-bond acceptors (Lipinski definition) is 4. The van der Waals surface area contributed by atoms with Crippen LogP contribution < -0.4 is 4.74 Å². The third kappa shape index (κ3) is 6.38. The van der Waals surface area contributed by atoms with Gasteiger partial charge in [-0.15, -0.1) is 0 Å². The highest BCUT2D eigenvalue weighted by atomic mass is 79.9. The summed E-state index contributed by atoms with van der Waals surface area (Å²) in [5.74, 6) is 0.710. The van der Waals surface area contributed by atoms with E-state index >= 15 is 0 Å². The van der Waals surface area contributed by atoms with Crippen molar-refractivity contribution in [2.24, 2.45) is 0 Å². The van der Waals surface area contributed by atoms with Crippen LogP contribution in [0.5, 0.6) is 5.75 Å². The van der Waals surface area contributed by atoms with E-state index in [1.807, 2.05) is 18.2 Å². The van der Waals surface area contributed by atoms with Gasteiger partial charge in [0.1, 0.15) is 5.75 Å². The normalized spacial score (nSPS) is 12.4. The van der Waals surface area contributed by atoms with E-state index in [4.69, 9.17) is 14.2 Å². The molecular formula is C14H21BrO4. The van der Waals surface area contributed by atoms with E-state index in [0.717, 1.165) is 16.5 Å². The largest absolute Gasteiger partial charge is 0.493 e. The lowest BCUT2D eigenvalue weighted by molar-refractivity contribution is 0.0642. The zero-order chi connectivity index (χ0) is 14.1. The molecule has 0 saturated heterocycles. The van der Waals surface area contributed by atoms with Gasteiger partial charge in [-0.3, -0.25) is 0 Å². The van der Waals surface area contributed by atoms with E-state index in [1.54, 1.807) is 14.0 Å². The molecule has 0 radical (unpaired) electrons. The Balaban J connectivity index is 2.34. The monoisotopic (exact) mass is 332 g/mol. The first kappa shape index (κ1) is 16.4. The molecule has 0 aliphatic heterocycles. The van der Waals surface area contributed by atoms with Crippen molar-refractivity contribution in [3.8, 4) is 5.75 Å². The van der Waals surface area contributed by atoms with Gasteiger partial charge in [0.25, 0.3) is 0 Å². The summed E-state index contributed by atoms with van der Waals surface area (Å²) in [7, 11) is 1.65. The molecule has 0 amide bonds. The van der Waals surface area contributed by atoms with Crippen LogP contribution in [0.25, 0.3) is 0 Å². The van der Waals surface area contributed by atoms with Crippen LogP contribution >= 0.6 is 15.9 Å². The summed E-state index contributed by atoms with van der Waals surface area (Å²) >= 11 is 3.40. The molecule has 1 atom stereocenters. The lowest BCUT2D eigenvalue weighted by Gasteiger charge is -2.14. The van der Waals surface area contributed by atoms with Crippen LogP contribution in [0.3, 0.4) is 0 Å². The Hall–Kier alpha value is -0.620. The summed E-state index contributed by atoms with van der Waals surface area (Å²) in [6.07, 6.45) is 0.260. The highest BCUT2D eigenvalue weighted by molar-refractivity contribution is 9.10. The fourth-order valence-electron chi connectivity index (χ4n) is 1.57. The maximum atomic E-state index is 9.66. The van der Waals surface area contributed by atoms with E-state index in [0.29, 0.717) is 32.2 Å². The summed E-state index contributed by atoms with van der Waals surface area (Å²) in [6.45, 7) is 4.14. The number of rotatable bonds is 9. The minimum atomic E-state index is -0.541. The first-order valence-corrected chi connectivity index (χ1v) is 7.11. The fraction of sp³-hybridized carbons (Fsp3) is 0.571. The Labute approximate surface area is 122 Å². The molecular weight excluding hydrogens is 312 g/mol. The highest BCUT2D eigenvalue weighted by Gasteiger charge is 2.09. The topological polar surface area (TPSA) is 47.9 Å². The molecule has 4 nitrogen and oxygen atoms in total. The van der Waals surface area contributed by atoms with Gasteiger partial charge < -0.3 is 19.3 Å². The molecule has 1 aromatic rings. The van der Waals surface area contributed by atoms with Gasteiger partial charge in [-0.05, 0) is 19.1 Å². The number of benzene rings is 1. The molecule has 0 heterocycles. The Morgan fingerprint density at radius 3 is 2.68 bits per heavy atom. The minimum Gasteiger partial charge on any atom is -0.493 e. The van der Waals surface area contributed by atoms with E-state index in [1.165, 1.54) is 0 Å². The average molecular weight is 333 g/mol. The van der Waals surface area contributed by atoms with E-state index < -0.39 is 6.10 Å². The van der Waals surface area contributed by atoms with Gasteiger partial charge in [0.2, 0.25) is 0 Å². The second-order valence-corrected chi connectivity index (χ2v) is 5.08. The predicted molar refractivity (Wildman–Crippen MR) is 77.6 cm³/mol. The number of halogens is 1.